The van der Waals surface area contributed by atoms with Crippen LogP contribution in [0.4, 0.5) is 17.3 Å². The fourth-order valence-corrected chi connectivity index (χ4v) is 2.94. The van der Waals surface area contributed by atoms with Gasteiger partial charge < -0.3 is 16.0 Å². The zero-order valence-electron chi connectivity index (χ0n) is 13.0. The maximum atomic E-state index is 6.29. The second-order valence-electron chi connectivity index (χ2n) is 5.99. The summed E-state index contributed by atoms with van der Waals surface area (Å²) in [6, 6.07) is 10.2. The lowest BCUT2D eigenvalue weighted by Crippen LogP contribution is -2.35. The van der Waals surface area contributed by atoms with Crippen LogP contribution in [-0.4, -0.2) is 23.1 Å². The van der Waals surface area contributed by atoms with Gasteiger partial charge in [0, 0.05) is 19.6 Å². The van der Waals surface area contributed by atoms with Gasteiger partial charge in [-0.2, -0.15) is 0 Å². The summed E-state index contributed by atoms with van der Waals surface area (Å²) in [5, 5.41) is 3.32. The molecule has 5 heteroatoms. The van der Waals surface area contributed by atoms with Gasteiger partial charge >= 0.3 is 0 Å². The number of piperidine rings is 1. The molecule has 1 aromatic heterocycles. The van der Waals surface area contributed by atoms with Crippen molar-refractivity contribution in [3.8, 4) is 0 Å². The van der Waals surface area contributed by atoms with E-state index in [0.717, 1.165) is 18.9 Å². The van der Waals surface area contributed by atoms with Gasteiger partial charge in [-0.05, 0) is 24.3 Å². The van der Waals surface area contributed by atoms with Crippen molar-refractivity contribution in [3.05, 3.63) is 42.2 Å². The number of nitrogen functional groups attached to an aromatic ring is 1. The second-order valence-corrected chi connectivity index (χ2v) is 5.99. The molecule has 0 spiro atoms. The molecule has 0 saturated carbocycles. The van der Waals surface area contributed by atoms with Crippen molar-refractivity contribution < 1.29 is 0 Å². The van der Waals surface area contributed by atoms with E-state index in [-0.39, 0.29) is 0 Å². The number of anilines is 3. The van der Waals surface area contributed by atoms with E-state index in [0.29, 0.717) is 24.0 Å². The van der Waals surface area contributed by atoms with E-state index in [1.807, 2.05) is 18.2 Å². The van der Waals surface area contributed by atoms with Gasteiger partial charge in [0.1, 0.15) is 12.0 Å². The number of hydrogen-bond donors (Lipinski definition) is 2. The molecule has 1 aliphatic rings. The predicted octanol–water partition coefficient (Wildman–Crippen LogP) is 2.91. The van der Waals surface area contributed by atoms with Crippen molar-refractivity contribution in [2.75, 3.05) is 29.0 Å². The summed E-state index contributed by atoms with van der Waals surface area (Å²) in [5.41, 5.74) is 8.14. The predicted molar refractivity (Wildman–Crippen MR) is 90.8 cm³/mol. The first kappa shape index (κ1) is 14.6. The SMILES string of the molecule is CC1CCCN(c2ncnc(NCc3ccccc3)c2N)C1. The van der Waals surface area contributed by atoms with Crippen LogP contribution in [0.2, 0.25) is 0 Å². The molecular formula is C17H23N5. The monoisotopic (exact) mass is 297 g/mol. The van der Waals surface area contributed by atoms with Crippen LogP contribution in [0, 0.1) is 5.92 Å². The highest BCUT2D eigenvalue weighted by molar-refractivity contribution is 5.75. The molecule has 1 fully saturated rings. The molecule has 1 unspecified atom stereocenters. The summed E-state index contributed by atoms with van der Waals surface area (Å²) in [6.45, 7) is 5.01. The van der Waals surface area contributed by atoms with Crippen molar-refractivity contribution in [1.29, 1.82) is 0 Å². The minimum atomic E-state index is 0.646. The second kappa shape index (κ2) is 6.64. The Hall–Kier alpha value is -2.30. The Kier molecular flexibility index (Phi) is 4.42. The van der Waals surface area contributed by atoms with Gasteiger partial charge in [-0.3, -0.25) is 0 Å². The Balaban J connectivity index is 1.74. The van der Waals surface area contributed by atoms with Gasteiger partial charge in [0.25, 0.3) is 0 Å². The molecule has 2 heterocycles. The third-order valence-corrected chi connectivity index (χ3v) is 4.12. The molecule has 1 aliphatic heterocycles. The smallest absolute Gasteiger partial charge is 0.157 e. The van der Waals surface area contributed by atoms with E-state index in [9.17, 15) is 0 Å². The van der Waals surface area contributed by atoms with Gasteiger partial charge in [-0.25, -0.2) is 9.97 Å². The molecule has 1 saturated heterocycles. The topological polar surface area (TPSA) is 67.1 Å². The van der Waals surface area contributed by atoms with Gasteiger partial charge in [0.05, 0.1) is 0 Å². The molecule has 2 aromatic rings. The molecule has 22 heavy (non-hydrogen) atoms. The van der Waals surface area contributed by atoms with Crippen LogP contribution < -0.4 is 16.0 Å². The Morgan fingerprint density at radius 1 is 1.27 bits per heavy atom. The summed E-state index contributed by atoms with van der Waals surface area (Å²) in [4.78, 5) is 11.0. The number of nitrogens with zero attached hydrogens (tertiary/aromatic N) is 3. The largest absolute Gasteiger partial charge is 0.393 e. The number of nitrogens with one attached hydrogen (secondary N) is 1. The van der Waals surface area contributed by atoms with E-state index in [1.165, 1.54) is 18.4 Å². The normalized spacial score (nSPS) is 18.2. The zero-order chi connectivity index (χ0) is 15.4. The van der Waals surface area contributed by atoms with Crippen LogP contribution >= 0.6 is 0 Å². The lowest BCUT2D eigenvalue weighted by atomic mass is 10.0. The molecule has 3 N–H and O–H groups in total. The first-order chi connectivity index (χ1) is 10.7. The molecule has 0 aliphatic carbocycles. The summed E-state index contributed by atoms with van der Waals surface area (Å²) >= 11 is 0. The van der Waals surface area contributed by atoms with Gasteiger partial charge in [-0.1, -0.05) is 37.3 Å². The van der Waals surface area contributed by atoms with Gasteiger partial charge in [0.15, 0.2) is 11.6 Å². The van der Waals surface area contributed by atoms with E-state index >= 15 is 0 Å². The number of benzene rings is 1. The van der Waals surface area contributed by atoms with E-state index < -0.39 is 0 Å². The molecule has 0 amide bonds. The van der Waals surface area contributed by atoms with E-state index in [2.05, 4.69) is 39.2 Å². The van der Waals surface area contributed by atoms with Gasteiger partial charge in [0.2, 0.25) is 0 Å². The summed E-state index contributed by atoms with van der Waals surface area (Å²) in [6.07, 6.45) is 4.07. The van der Waals surface area contributed by atoms with Crippen molar-refractivity contribution in [2.45, 2.75) is 26.3 Å². The fraction of sp³-hybridized carbons (Fsp3) is 0.412. The number of aromatic nitrogens is 2. The lowest BCUT2D eigenvalue weighted by molar-refractivity contribution is 0.445. The van der Waals surface area contributed by atoms with Crippen molar-refractivity contribution in [1.82, 2.24) is 9.97 Å². The minimum absolute atomic E-state index is 0.646. The Morgan fingerprint density at radius 2 is 2.09 bits per heavy atom. The average molecular weight is 297 g/mol. The fourth-order valence-electron chi connectivity index (χ4n) is 2.94. The molecule has 1 aromatic carbocycles. The van der Waals surface area contributed by atoms with Crippen LogP contribution in [0.15, 0.2) is 36.7 Å². The van der Waals surface area contributed by atoms with Crippen molar-refractivity contribution in [3.63, 3.8) is 0 Å². The first-order valence-electron chi connectivity index (χ1n) is 7.87. The van der Waals surface area contributed by atoms with Gasteiger partial charge in [-0.15, -0.1) is 0 Å². The number of nitrogens with two attached hydrogens (primary N) is 1. The molecule has 5 nitrogen and oxygen atoms in total. The first-order valence-corrected chi connectivity index (χ1v) is 7.87. The standard InChI is InChI=1S/C17H23N5/c1-13-6-5-9-22(11-13)17-15(18)16(20-12-21-17)19-10-14-7-3-2-4-8-14/h2-4,7-8,12-13H,5-6,9-11,18H2,1H3,(H,19,20,21). The average Bonchev–Trinajstić information content (AvgIpc) is 2.55. The highest BCUT2D eigenvalue weighted by atomic mass is 15.2. The molecule has 116 valence electrons. The lowest BCUT2D eigenvalue weighted by Gasteiger charge is -2.32. The van der Waals surface area contributed by atoms with E-state index in [1.54, 1.807) is 6.33 Å². The Labute approximate surface area is 131 Å². The molecule has 3 rings (SSSR count). The number of rotatable bonds is 4. The summed E-state index contributed by atoms with van der Waals surface area (Å²) in [7, 11) is 0. The molecule has 0 bridgehead atoms. The summed E-state index contributed by atoms with van der Waals surface area (Å²) in [5.74, 6) is 2.26. The molecule has 0 radical (unpaired) electrons. The molecular weight excluding hydrogens is 274 g/mol. The Bertz CT molecular complexity index is 614. The highest BCUT2D eigenvalue weighted by Gasteiger charge is 2.20. The third kappa shape index (κ3) is 3.30. The van der Waals surface area contributed by atoms with Crippen molar-refractivity contribution >= 4 is 17.3 Å². The maximum Gasteiger partial charge on any atom is 0.157 e. The highest BCUT2D eigenvalue weighted by Crippen LogP contribution is 2.29. The van der Waals surface area contributed by atoms with Crippen LogP contribution in [0.25, 0.3) is 0 Å². The minimum Gasteiger partial charge on any atom is -0.393 e. The molecule has 1 atom stereocenters. The number of hydrogen-bond acceptors (Lipinski definition) is 5. The quantitative estimate of drug-likeness (QED) is 0.908. The third-order valence-electron chi connectivity index (χ3n) is 4.12. The van der Waals surface area contributed by atoms with Crippen LogP contribution in [-0.2, 0) is 6.54 Å². The summed E-state index contributed by atoms with van der Waals surface area (Å²) < 4.78 is 0. The van der Waals surface area contributed by atoms with Crippen molar-refractivity contribution in [2.24, 2.45) is 5.92 Å². The van der Waals surface area contributed by atoms with Crippen LogP contribution in [0.5, 0.6) is 0 Å². The zero-order valence-corrected chi connectivity index (χ0v) is 13.0. The Morgan fingerprint density at radius 3 is 2.86 bits per heavy atom. The van der Waals surface area contributed by atoms with Crippen LogP contribution in [0.3, 0.4) is 0 Å². The maximum absolute atomic E-state index is 6.29. The van der Waals surface area contributed by atoms with Crippen LogP contribution in [0.1, 0.15) is 25.3 Å². The van der Waals surface area contributed by atoms with E-state index in [4.69, 9.17) is 5.73 Å².